The lowest BCUT2D eigenvalue weighted by atomic mass is 9.75. The van der Waals surface area contributed by atoms with Crippen molar-refractivity contribution < 1.29 is 36.1 Å². The van der Waals surface area contributed by atoms with Gasteiger partial charge in [0.1, 0.15) is 17.2 Å². The van der Waals surface area contributed by atoms with Crippen molar-refractivity contribution in [2.45, 2.75) is 25.7 Å². The van der Waals surface area contributed by atoms with E-state index in [2.05, 4.69) is 5.32 Å². The summed E-state index contributed by atoms with van der Waals surface area (Å²) in [7, 11) is -1.45. The van der Waals surface area contributed by atoms with Gasteiger partial charge in [0.25, 0.3) is 5.91 Å². The molecule has 0 atom stereocenters. The van der Waals surface area contributed by atoms with Crippen molar-refractivity contribution >= 4 is 62.5 Å². The van der Waals surface area contributed by atoms with Crippen LogP contribution >= 0.6 is 11.6 Å². The Labute approximate surface area is 266 Å². The van der Waals surface area contributed by atoms with E-state index in [1.165, 1.54) is 35.6 Å². The molecule has 1 saturated heterocycles. The summed E-state index contributed by atoms with van der Waals surface area (Å²) in [5.74, 6) is -0.444. The summed E-state index contributed by atoms with van der Waals surface area (Å²) in [6, 6.07) is 14.1. The van der Waals surface area contributed by atoms with Gasteiger partial charge in [-0.05, 0) is 66.8 Å². The summed E-state index contributed by atoms with van der Waals surface area (Å²) in [6.45, 7) is 3.31. The summed E-state index contributed by atoms with van der Waals surface area (Å²) < 4.78 is 65.3. The minimum atomic E-state index is -3.89. The highest BCUT2D eigenvalue weighted by Crippen LogP contribution is 2.49. The molecule has 2 fully saturated rings. The molecule has 0 bridgehead atoms. The van der Waals surface area contributed by atoms with Crippen LogP contribution in [-0.4, -0.2) is 61.7 Å². The number of halogens is 2. The molecule has 13 heteroatoms. The van der Waals surface area contributed by atoms with E-state index in [4.69, 9.17) is 30.1 Å². The van der Waals surface area contributed by atoms with Gasteiger partial charge in [-0.2, -0.15) is 0 Å². The number of amides is 1. The third-order valence-electron chi connectivity index (χ3n) is 8.10. The van der Waals surface area contributed by atoms with Crippen molar-refractivity contribution in [2.75, 3.05) is 44.5 Å². The molecule has 0 unspecified atom stereocenters. The molecule has 1 aliphatic heterocycles. The summed E-state index contributed by atoms with van der Waals surface area (Å²) in [5.41, 5.74) is 2.90. The van der Waals surface area contributed by atoms with Crippen LogP contribution in [0.15, 0.2) is 59.0 Å². The molecule has 0 spiro atoms. The van der Waals surface area contributed by atoms with E-state index in [0.717, 1.165) is 24.7 Å². The molecule has 45 heavy (non-hydrogen) atoms. The zero-order chi connectivity index (χ0) is 32.1. The second-order valence-electron chi connectivity index (χ2n) is 12.0. The lowest BCUT2D eigenvalue weighted by Crippen LogP contribution is -2.50. The Balaban J connectivity index is 1.45. The molecule has 2 heterocycles. The van der Waals surface area contributed by atoms with E-state index in [-0.39, 0.29) is 28.0 Å². The topological polar surface area (TPSA) is 107 Å². The minimum Gasteiger partial charge on any atom is -0.455 e. The Morgan fingerprint density at radius 3 is 2.40 bits per heavy atom. The first-order valence-corrected chi connectivity index (χ1v) is 16.8. The largest absolute Gasteiger partial charge is 0.495 e. The summed E-state index contributed by atoms with van der Waals surface area (Å²) >= 11 is 6.74. The van der Waals surface area contributed by atoms with Crippen LogP contribution in [0.4, 0.5) is 15.8 Å². The van der Waals surface area contributed by atoms with Gasteiger partial charge < -0.3 is 23.8 Å². The SMILES string of the molecule is CNC(=O)c1c(-c2ccc(F)cc2)oc2cc(N(c3ccc(B4OCC(C)(COC)CO4)c(Cl)c3)S(C)(=O)=O)c(C3CC3)cc12. The Morgan fingerprint density at radius 1 is 1.13 bits per heavy atom. The number of methoxy groups -OCH3 is 1. The second kappa shape index (κ2) is 12.1. The standard InChI is InChI=1S/C32H33BClFN2O7S/c1-32(16-41-3)17-42-33(43-18-32)25-12-11-22(13-26(25)34)37(45(4,39)40)27-15-28-24(14-23(27)19-5-6-19)29(31(38)36-2)30(44-28)20-7-9-21(35)10-8-20/h7-15,19H,5-6,16-18H2,1-4H3,(H,36,38). The highest BCUT2D eigenvalue weighted by Gasteiger charge is 2.38. The van der Waals surface area contributed by atoms with Gasteiger partial charge >= 0.3 is 7.12 Å². The van der Waals surface area contributed by atoms with Gasteiger partial charge in [0.15, 0.2) is 0 Å². The van der Waals surface area contributed by atoms with Crippen molar-refractivity contribution in [3.63, 3.8) is 0 Å². The Bertz CT molecular complexity index is 1870. The van der Waals surface area contributed by atoms with E-state index < -0.39 is 23.0 Å². The fraction of sp³-hybridized carbons (Fsp3) is 0.344. The first-order chi connectivity index (χ1) is 21.4. The van der Waals surface area contributed by atoms with Crippen molar-refractivity contribution in [1.82, 2.24) is 5.32 Å². The van der Waals surface area contributed by atoms with Gasteiger partial charge in [-0.1, -0.05) is 24.6 Å². The fourth-order valence-corrected chi connectivity index (χ4v) is 7.07. The van der Waals surface area contributed by atoms with E-state index in [9.17, 15) is 17.6 Å². The minimum absolute atomic E-state index is 0.0931. The zero-order valence-electron chi connectivity index (χ0n) is 25.4. The van der Waals surface area contributed by atoms with Gasteiger partial charge in [0.2, 0.25) is 10.0 Å². The number of carbonyl (C=O) groups is 1. The van der Waals surface area contributed by atoms with Crippen LogP contribution in [0.3, 0.4) is 0 Å². The number of sulfonamides is 1. The molecule has 3 aromatic carbocycles. The maximum absolute atomic E-state index is 13.7. The van der Waals surface area contributed by atoms with E-state index in [1.54, 1.807) is 31.4 Å². The number of furan rings is 1. The van der Waals surface area contributed by atoms with Gasteiger partial charge in [-0.15, -0.1) is 0 Å². The van der Waals surface area contributed by atoms with Crippen molar-refractivity contribution in [2.24, 2.45) is 5.41 Å². The maximum Gasteiger partial charge on any atom is 0.495 e. The summed E-state index contributed by atoms with van der Waals surface area (Å²) in [5, 5.41) is 3.48. The number of benzene rings is 3. The molecule has 2 aliphatic rings. The highest BCUT2D eigenvalue weighted by molar-refractivity contribution is 7.92. The van der Waals surface area contributed by atoms with Gasteiger partial charge in [0, 0.05) is 60.3 Å². The molecule has 0 radical (unpaired) electrons. The number of hydrogen-bond donors (Lipinski definition) is 1. The molecule has 1 aromatic heterocycles. The highest BCUT2D eigenvalue weighted by atomic mass is 35.5. The Morgan fingerprint density at radius 2 is 1.82 bits per heavy atom. The molecule has 6 rings (SSSR count). The molecule has 9 nitrogen and oxygen atoms in total. The molecule has 1 saturated carbocycles. The lowest BCUT2D eigenvalue weighted by molar-refractivity contribution is -0.0276. The molecular formula is C32H33BClFN2O7S. The molecule has 1 aliphatic carbocycles. The smallest absolute Gasteiger partial charge is 0.455 e. The van der Waals surface area contributed by atoms with Gasteiger partial charge in [0.05, 0.1) is 29.8 Å². The molecule has 4 aromatic rings. The molecule has 1 N–H and O–H groups in total. The lowest BCUT2D eigenvalue weighted by Gasteiger charge is -2.36. The van der Waals surface area contributed by atoms with E-state index in [0.29, 0.717) is 58.8 Å². The maximum atomic E-state index is 13.7. The third kappa shape index (κ3) is 6.22. The second-order valence-corrected chi connectivity index (χ2v) is 14.2. The number of rotatable bonds is 9. The first-order valence-electron chi connectivity index (χ1n) is 14.5. The van der Waals surface area contributed by atoms with Crippen LogP contribution in [0, 0.1) is 11.2 Å². The van der Waals surface area contributed by atoms with Crippen LogP contribution in [0.5, 0.6) is 0 Å². The summed E-state index contributed by atoms with van der Waals surface area (Å²) in [4.78, 5) is 13.1. The normalized spacial score (nSPS) is 16.6. The van der Waals surface area contributed by atoms with Crippen LogP contribution < -0.4 is 15.1 Å². The fourth-order valence-electron chi connectivity index (χ4n) is 5.80. The zero-order valence-corrected chi connectivity index (χ0v) is 26.9. The number of anilines is 2. The van der Waals surface area contributed by atoms with Crippen LogP contribution in [0.25, 0.3) is 22.3 Å². The molecule has 236 valence electrons. The molecular weight excluding hydrogens is 622 g/mol. The Hall–Kier alpha value is -3.42. The predicted molar refractivity (Wildman–Crippen MR) is 173 cm³/mol. The number of fused-ring (bicyclic) bond motifs is 1. The average molecular weight is 655 g/mol. The number of carbonyl (C=O) groups excluding carboxylic acids is 1. The van der Waals surface area contributed by atoms with Crippen LogP contribution in [0.1, 0.15) is 41.6 Å². The quantitative estimate of drug-likeness (QED) is 0.234. The monoisotopic (exact) mass is 654 g/mol. The summed E-state index contributed by atoms with van der Waals surface area (Å²) in [6.07, 6.45) is 2.86. The number of hydrogen-bond acceptors (Lipinski definition) is 7. The number of nitrogens with one attached hydrogen (secondary N) is 1. The third-order valence-corrected chi connectivity index (χ3v) is 9.50. The van der Waals surface area contributed by atoms with Crippen LogP contribution in [-0.2, 0) is 24.1 Å². The van der Waals surface area contributed by atoms with Crippen molar-refractivity contribution in [3.8, 4) is 11.3 Å². The van der Waals surface area contributed by atoms with Crippen LogP contribution in [0.2, 0.25) is 5.02 Å². The van der Waals surface area contributed by atoms with E-state index >= 15 is 0 Å². The van der Waals surface area contributed by atoms with Gasteiger partial charge in [-0.3, -0.25) is 4.79 Å². The van der Waals surface area contributed by atoms with Crippen molar-refractivity contribution in [3.05, 3.63) is 76.6 Å². The van der Waals surface area contributed by atoms with Gasteiger partial charge in [-0.25, -0.2) is 17.1 Å². The Kier molecular flexibility index (Phi) is 8.47. The number of ether oxygens (including phenoxy) is 1. The van der Waals surface area contributed by atoms with E-state index in [1.807, 2.05) is 13.0 Å². The first kappa shape index (κ1) is 31.6. The number of nitrogens with zero attached hydrogens (tertiary/aromatic N) is 1. The van der Waals surface area contributed by atoms with Crippen molar-refractivity contribution in [1.29, 1.82) is 0 Å². The predicted octanol–water partition coefficient (Wildman–Crippen LogP) is 5.62. The average Bonchev–Trinajstić information content (AvgIpc) is 3.77. The molecule has 1 amide bonds.